The molecule has 0 spiro atoms. The lowest BCUT2D eigenvalue weighted by Gasteiger charge is -2.36. The van der Waals surface area contributed by atoms with Gasteiger partial charge in [0.1, 0.15) is 5.75 Å². The van der Waals surface area contributed by atoms with E-state index in [4.69, 9.17) is 4.74 Å². The highest BCUT2D eigenvalue weighted by Crippen LogP contribution is 2.24. The van der Waals surface area contributed by atoms with Crippen LogP contribution in [0.15, 0.2) is 70.6 Å². The van der Waals surface area contributed by atoms with Crippen LogP contribution < -0.4 is 14.5 Å². The molecule has 2 aromatic carbocycles. The highest BCUT2D eigenvalue weighted by Gasteiger charge is 2.22. The molecule has 156 valence electrons. The molecule has 1 fully saturated rings. The predicted molar refractivity (Wildman–Crippen MR) is 116 cm³/mol. The molecule has 4 rings (SSSR count). The molecule has 1 aromatic heterocycles. The Kier molecular flexibility index (Phi) is 5.59. The summed E-state index contributed by atoms with van der Waals surface area (Å²) in [6.07, 6.45) is 0. The summed E-state index contributed by atoms with van der Waals surface area (Å²) in [5.41, 5.74) is 2.47. The van der Waals surface area contributed by atoms with Gasteiger partial charge in [-0.15, -0.1) is 10.2 Å². The van der Waals surface area contributed by atoms with Crippen LogP contribution in [0.25, 0.3) is 0 Å². The Morgan fingerprint density at radius 1 is 0.867 bits per heavy atom. The zero-order chi connectivity index (χ0) is 21.1. The lowest BCUT2D eigenvalue weighted by molar-refractivity contribution is 0.414. The largest absolute Gasteiger partial charge is 0.497 e. The highest BCUT2D eigenvalue weighted by molar-refractivity contribution is 7.91. The first-order chi connectivity index (χ1) is 14.5. The molecule has 30 heavy (non-hydrogen) atoms. The maximum absolute atomic E-state index is 12.8. The fourth-order valence-electron chi connectivity index (χ4n) is 3.52. The Bertz CT molecular complexity index is 1110. The number of piperazine rings is 1. The van der Waals surface area contributed by atoms with Crippen LogP contribution in [0.3, 0.4) is 0 Å². The van der Waals surface area contributed by atoms with E-state index in [2.05, 4.69) is 51.2 Å². The fourth-order valence-corrected chi connectivity index (χ4v) is 4.65. The van der Waals surface area contributed by atoms with E-state index >= 15 is 0 Å². The molecule has 1 aliphatic rings. The van der Waals surface area contributed by atoms with Gasteiger partial charge in [-0.05, 0) is 61.0 Å². The molecule has 0 radical (unpaired) electrons. The number of aryl methyl sites for hydroxylation is 1. The number of benzene rings is 2. The Morgan fingerprint density at radius 2 is 1.57 bits per heavy atom. The van der Waals surface area contributed by atoms with E-state index < -0.39 is 9.84 Å². The number of ether oxygens (including phenoxy) is 1. The molecule has 0 amide bonds. The van der Waals surface area contributed by atoms with E-state index in [0.29, 0.717) is 11.6 Å². The van der Waals surface area contributed by atoms with Gasteiger partial charge in [-0.1, -0.05) is 12.1 Å². The molecule has 1 saturated heterocycles. The Morgan fingerprint density at radius 3 is 2.17 bits per heavy atom. The average Bonchev–Trinajstić information content (AvgIpc) is 2.79. The molecule has 7 nitrogen and oxygen atoms in total. The number of nitrogens with zero attached hydrogens (tertiary/aromatic N) is 4. The summed E-state index contributed by atoms with van der Waals surface area (Å²) in [7, 11) is -2.18. The maximum Gasteiger partial charge on any atom is 0.225 e. The van der Waals surface area contributed by atoms with E-state index in [9.17, 15) is 8.42 Å². The zero-order valence-corrected chi connectivity index (χ0v) is 17.8. The topological polar surface area (TPSA) is 75.6 Å². The molecule has 0 aliphatic carbocycles. The van der Waals surface area contributed by atoms with Crippen LogP contribution in [-0.4, -0.2) is 51.9 Å². The Hall–Kier alpha value is -3.13. The number of aromatic nitrogens is 2. The monoisotopic (exact) mass is 424 g/mol. The van der Waals surface area contributed by atoms with Crippen LogP contribution in [0.5, 0.6) is 5.75 Å². The van der Waals surface area contributed by atoms with Gasteiger partial charge in [-0.25, -0.2) is 8.42 Å². The smallest absolute Gasteiger partial charge is 0.225 e. The highest BCUT2D eigenvalue weighted by atomic mass is 32.2. The van der Waals surface area contributed by atoms with Crippen molar-refractivity contribution in [3.63, 3.8) is 0 Å². The number of hydrogen-bond donors (Lipinski definition) is 0. The summed E-state index contributed by atoms with van der Waals surface area (Å²) in [6, 6.07) is 18.0. The molecule has 1 aliphatic heterocycles. The third kappa shape index (κ3) is 4.09. The number of hydrogen-bond acceptors (Lipinski definition) is 7. The van der Waals surface area contributed by atoms with Gasteiger partial charge in [-0.2, -0.15) is 0 Å². The third-order valence-electron chi connectivity index (χ3n) is 5.24. The lowest BCUT2D eigenvalue weighted by Crippen LogP contribution is -2.46. The SMILES string of the molecule is COc1ccc(S(=O)(=O)c2ccc(N3CCN(c4cccc(C)c4)CC3)nn2)cc1. The van der Waals surface area contributed by atoms with Crippen molar-refractivity contribution in [1.29, 1.82) is 0 Å². The van der Waals surface area contributed by atoms with Gasteiger partial charge >= 0.3 is 0 Å². The molecule has 0 saturated carbocycles. The molecular formula is C22H24N4O3S. The van der Waals surface area contributed by atoms with Crippen molar-refractivity contribution in [2.24, 2.45) is 0 Å². The zero-order valence-electron chi connectivity index (χ0n) is 17.0. The molecule has 3 aromatic rings. The van der Waals surface area contributed by atoms with E-state index in [0.717, 1.165) is 26.2 Å². The van der Waals surface area contributed by atoms with Crippen LogP contribution in [0.4, 0.5) is 11.5 Å². The van der Waals surface area contributed by atoms with Gasteiger partial charge in [0.25, 0.3) is 0 Å². The minimum absolute atomic E-state index is 0.0604. The quantitative estimate of drug-likeness (QED) is 0.623. The van der Waals surface area contributed by atoms with Crippen molar-refractivity contribution in [2.45, 2.75) is 16.8 Å². The van der Waals surface area contributed by atoms with Crippen molar-refractivity contribution in [3.05, 3.63) is 66.2 Å². The molecule has 0 N–H and O–H groups in total. The minimum atomic E-state index is -3.72. The predicted octanol–water partition coefficient (Wildman–Crippen LogP) is 2.95. The van der Waals surface area contributed by atoms with Crippen LogP contribution >= 0.6 is 0 Å². The average molecular weight is 425 g/mol. The van der Waals surface area contributed by atoms with Gasteiger partial charge in [0.2, 0.25) is 9.84 Å². The van der Waals surface area contributed by atoms with Gasteiger partial charge in [0.05, 0.1) is 12.0 Å². The number of anilines is 2. The van der Waals surface area contributed by atoms with Crippen molar-refractivity contribution < 1.29 is 13.2 Å². The van der Waals surface area contributed by atoms with Crippen molar-refractivity contribution >= 4 is 21.3 Å². The van der Waals surface area contributed by atoms with Crippen molar-refractivity contribution in [1.82, 2.24) is 10.2 Å². The normalized spacial score (nSPS) is 14.6. The van der Waals surface area contributed by atoms with Crippen molar-refractivity contribution in [3.8, 4) is 5.75 Å². The van der Waals surface area contributed by atoms with Crippen LogP contribution in [0.1, 0.15) is 5.56 Å². The van der Waals surface area contributed by atoms with E-state index in [-0.39, 0.29) is 9.92 Å². The number of rotatable bonds is 5. The minimum Gasteiger partial charge on any atom is -0.497 e. The summed E-state index contributed by atoms with van der Waals surface area (Å²) in [5, 5.41) is 8.14. The first-order valence-electron chi connectivity index (χ1n) is 9.77. The summed E-state index contributed by atoms with van der Waals surface area (Å²) in [5.74, 6) is 1.28. The van der Waals surface area contributed by atoms with E-state index in [1.165, 1.54) is 36.6 Å². The maximum atomic E-state index is 12.8. The molecule has 2 heterocycles. The van der Waals surface area contributed by atoms with Crippen molar-refractivity contribution in [2.75, 3.05) is 43.1 Å². The van der Waals surface area contributed by atoms with Gasteiger partial charge in [-0.3, -0.25) is 0 Å². The fraction of sp³-hybridized carbons (Fsp3) is 0.273. The standard InChI is InChI=1S/C22H24N4O3S/c1-17-4-3-5-18(16-17)25-12-14-26(15-13-25)21-10-11-22(24-23-21)30(27,28)20-8-6-19(29-2)7-9-20/h3-11,16H,12-15H2,1-2H3. The first kappa shape index (κ1) is 20.2. The third-order valence-corrected chi connectivity index (χ3v) is 6.90. The number of sulfone groups is 1. The van der Waals surface area contributed by atoms with Crippen LogP contribution in [0, 0.1) is 6.92 Å². The van der Waals surface area contributed by atoms with Gasteiger partial charge < -0.3 is 14.5 Å². The molecule has 0 unspecified atom stereocenters. The molecule has 0 atom stereocenters. The van der Waals surface area contributed by atoms with E-state index in [1.807, 2.05) is 0 Å². The second kappa shape index (κ2) is 8.31. The van der Waals surface area contributed by atoms with Crippen LogP contribution in [0.2, 0.25) is 0 Å². The second-order valence-electron chi connectivity index (χ2n) is 7.22. The summed E-state index contributed by atoms with van der Waals surface area (Å²) in [6.45, 7) is 5.44. The summed E-state index contributed by atoms with van der Waals surface area (Å²) >= 11 is 0. The number of methoxy groups -OCH3 is 1. The van der Waals surface area contributed by atoms with E-state index in [1.54, 1.807) is 18.2 Å². The lowest BCUT2D eigenvalue weighted by atomic mass is 10.2. The van der Waals surface area contributed by atoms with Gasteiger partial charge in [0, 0.05) is 31.9 Å². The first-order valence-corrected chi connectivity index (χ1v) is 11.2. The molecular weight excluding hydrogens is 400 g/mol. The van der Waals surface area contributed by atoms with Gasteiger partial charge in [0.15, 0.2) is 10.8 Å². The Balaban J connectivity index is 1.45. The second-order valence-corrected chi connectivity index (χ2v) is 9.12. The summed E-state index contributed by atoms with van der Waals surface area (Å²) in [4.78, 5) is 4.64. The molecule has 0 bridgehead atoms. The molecule has 8 heteroatoms. The summed E-state index contributed by atoms with van der Waals surface area (Å²) < 4.78 is 30.6. The Labute approximate surface area is 176 Å². The van der Waals surface area contributed by atoms with Crippen LogP contribution in [-0.2, 0) is 9.84 Å².